The largest absolute Gasteiger partial charge is 0.333 e. The van der Waals surface area contributed by atoms with E-state index in [2.05, 4.69) is 55.9 Å². The Morgan fingerprint density at radius 2 is 1.66 bits per heavy atom. The van der Waals surface area contributed by atoms with Gasteiger partial charge in [-0.2, -0.15) is 0 Å². The number of nitrogens with two attached hydrogens (primary N) is 1. The highest BCUT2D eigenvalue weighted by atomic mass is 35.5. The van der Waals surface area contributed by atoms with Gasteiger partial charge in [0.05, 0.1) is 0 Å². The van der Waals surface area contributed by atoms with Crippen molar-refractivity contribution in [2.24, 2.45) is 23.0 Å². The Balaban J connectivity index is 0.000000290. The zero-order chi connectivity index (χ0) is 28.6. The highest BCUT2D eigenvalue weighted by Crippen LogP contribution is 2.41. The molecule has 2 unspecified atom stereocenters. The number of likely N-dealkylation sites (tertiary alicyclic amines) is 1. The summed E-state index contributed by atoms with van der Waals surface area (Å²) < 4.78 is 0. The number of piperidine rings is 1. The Labute approximate surface area is 236 Å². The van der Waals surface area contributed by atoms with Crippen LogP contribution in [0.2, 0.25) is 5.02 Å². The van der Waals surface area contributed by atoms with Crippen LogP contribution in [0.25, 0.3) is 0 Å². The average Bonchev–Trinajstić information content (AvgIpc) is 2.95. The molecule has 212 valence electrons. The van der Waals surface area contributed by atoms with E-state index in [-0.39, 0.29) is 5.92 Å². The Morgan fingerprint density at radius 1 is 1.03 bits per heavy atom. The Hall–Kier alpha value is -2.05. The molecule has 1 aliphatic heterocycles. The van der Waals surface area contributed by atoms with Crippen LogP contribution >= 0.6 is 11.6 Å². The summed E-state index contributed by atoms with van der Waals surface area (Å²) in [4.78, 5) is 23.2. The van der Waals surface area contributed by atoms with Gasteiger partial charge in [0.15, 0.2) is 0 Å². The molecular formula is C32H50ClN3O2. The second-order valence-corrected chi connectivity index (χ2v) is 11.4. The summed E-state index contributed by atoms with van der Waals surface area (Å²) in [7, 11) is 5.66. The van der Waals surface area contributed by atoms with E-state index in [0.29, 0.717) is 17.4 Å². The van der Waals surface area contributed by atoms with Crippen molar-refractivity contribution in [1.82, 2.24) is 10.2 Å². The van der Waals surface area contributed by atoms with E-state index in [0.717, 1.165) is 35.5 Å². The average molecular weight is 544 g/mol. The molecular weight excluding hydrogens is 494 g/mol. The van der Waals surface area contributed by atoms with Crippen molar-refractivity contribution in [2.45, 2.75) is 64.8 Å². The molecule has 0 aromatic heterocycles. The van der Waals surface area contributed by atoms with E-state index >= 15 is 0 Å². The van der Waals surface area contributed by atoms with Gasteiger partial charge < -0.3 is 20.7 Å². The Bertz CT molecular complexity index is 905. The monoisotopic (exact) mass is 543 g/mol. The summed E-state index contributed by atoms with van der Waals surface area (Å²) >= 11 is 5.94. The minimum Gasteiger partial charge on any atom is -0.333 e. The summed E-state index contributed by atoms with van der Waals surface area (Å²) in [5.74, 6) is 1.69. The van der Waals surface area contributed by atoms with E-state index in [4.69, 9.17) is 11.6 Å². The number of aldehydes is 2. The van der Waals surface area contributed by atoms with E-state index < -0.39 is 0 Å². The number of rotatable bonds is 5. The number of hydrogen-bond acceptors (Lipinski definition) is 5. The Kier molecular flexibility index (Phi) is 16.3. The van der Waals surface area contributed by atoms with Crippen LogP contribution in [0.1, 0.15) is 74.7 Å². The van der Waals surface area contributed by atoms with Crippen molar-refractivity contribution < 1.29 is 9.59 Å². The lowest BCUT2D eigenvalue weighted by atomic mass is 9.71. The normalized spacial score (nSPS) is 24.2. The molecule has 38 heavy (non-hydrogen) atoms. The molecule has 0 radical (unpaired) electrons. The molecule has 1 heterocycles. The van der Waals surface area contributed by atoms with Gasteiger partial charge in [-0.1, -0.05) is 81.3 Å². The zero-order valence-electron chi connectivity index (χ0n) is 24.3. The highest BCUT2D eigenvalue weighted by Gasteiger charge is 2.35. The molecule has 2 aromatic carbocycles. The molecule has 2 aromatic rings. The first-order valence-electron chi connectivity index (χ1n) is 13.9. The van der Waals surface area contributed by atoms with E-state index in [1.54, 1.807) is 12.1 Å². The maximum atomic E-state index is 10.8. The molecule has 1 aliphatic carbocycles. The van der Waals surface area contributed by atoms with Gasteiger partial charge in [-0.05, 0) is 88.3 Å². The molecule has 4 rings (SSSR count). The lowest BCUT2D eigenvalue weighted by molar-refractivity contribution is -0.113. The van der Waals surface area contributed by atoms with Gasteiger partial charge >= 0.3 is 0 Å². The molecule has 3 N–H and O–H groups in total. The molecule has 1 saturated heterocycles. The van der Waals surface area contributed by atoms with Crippen LogP contribution in [0.15, 0.2) is 54.6 Å². The molecule has 2 fully saturated rings. The van der Waals surface area contributed by atoms with Gasteiger partial charge in [0.2, 0.25) is 0 Å². The number of benzene rings is 2. The van der Waals surface area contributed by atoms with Gasteiger partial charge in [-0.15, -0.1) is 0 Å². The van der Waals surface area contributed by atoms with E-state index in [9.17, 15) is 9.59 Å². The predicted molar refractivity (Wildman–Crippen MR) is 162 cm³/mol. The summed E-state index contributed by atoms with van der Waals surface area (Å²) in [6, 6.07) is 17.9. The quantitative estimate of drug-likeness (QED) is 0.423. The fraction of sp³-hybridized carbons (Fsp3) is 0.562. The maximum absolute atomic E-state index is 10.8. The fourth-order valence-corrected chi connectivity index (χ4v) is 5.77. The van der Waals surface area contributed by atoms with Crippen LogP contribution < -0.4 is 11.1 Å². The van der Waals surface area contributed by atoms with Crippen LogP contribution in [-0.4, -0.2) is 57.7 Å². The highest BCUT2D eigenvalue weighted by molar-refractivity contribution is 6.30. The number of carbonyl (C=O) groups excluding carboxylic acids is 2. The van der Waals surface area contributed by atoms with Crippen LogP contribution in [0.5, 0.6) is 0 Å². The molecule has 0 amide bonds. The summed E-state index contributed by atoms with van der Waals surface area (Å²) in [5, 5.41) is 4.05. The van der Waals surface area contributed by atoms with E-state index in [1.807, 2.05) is 37.4 Å². The lowest BCUT2D eigenvalue weighted by Gasteiger charge is -2.43. The van der Waals surface area contributed by atoms with Crippen molar-refractivity contribution >= 4 is 24.2 Å². The van der Waals surface area contributed by atoms with Crippen LogP contribution in [-0.2, 0) is 4.79 Å². The second kappa shape index (κ2) is 18.3. The first-order chi connectivity index (χ1) is 18.2. The summed E-state index contributed by atoms with van der Waals surface area (Å²) in [6.07, 6.45) is 7.96. The third kappa shape index (κ3) is 11.4. The minimum absolute atomic E-state index is 0.258. The predicted octanol–water partition coefficient (Wildman–Crippen LogP) is 6.46. The van der Waals surface area contributed by atoms with Crippen molar-refractivity contribution in [2.75, 3.05) is 34.2 Å². The van der Waals surface area contributed by atoms with Crippen molar-refractivity contribution in [3.05, 3.63) is 70.7 Å². The van der Waals surface area contributed by atoms with Crippen molar-refractivity contribution in [3.8, 4) is 0 Å². The van der Waals surface area contributed by atoms with Crippen LogP contribution in [0.4, 0.5) is 0 Å². The summed E-state index contributed by atoms with van der Waals surface area (Å²) in [6.45, 7) is 9.30. The van der Waals surface area contributed by atoms with Gasteiger partial charge in [0.1, 0.15) is 12.6 Å². The number of nitrogens with zero attached hydrogens (tertiary/aromatic N) is 1. The molecule has 0 spiro atoms. The standard InChI is InChI=1S/C14H20ClN.C10H19NO.C7H6O.CH5N/c1-14(2)10-16(3)9-8-13(14)11-4-6-12(15)7-5-11;1-3-8-4-5-10(11-2)9(6-8)7-12;8-6-7-4-2-1-3-5-7;1-2/h4-7,13H,8-10H2,1-3H3;7-11H,3-6H2,1-2H3;1-6H;2H2,1H3/t;8?,9-,10-;;/m.1../s1. The van der Waals surface area contributed by atoms with Crippen molar-refractivity contribution in [1.29, 1.82) is 0 Å². The van der Waals surface area contributed by atoms with Crippen LogP contribution in [0, 0.1) is 17.3 Å². The van der Waals surface area contributed by atoms with Gasteiger partial charge in [-0.25, -0.2) is 0 Å². The lowest BCUT2D eigenvalue weighted by Crippen LogP contribution is -2.42. The SMILES string of the molecule is CCC1CC[C@@H](NC)[C@@H](C=O)C1.CN.CN1CCC(c2ccc(Cl)cc2)C(C)(C)C1.O=Cc1ccccc1. The topological polar surface area (TPSA) is 75.4 Å². The van der Waals surface area contributed by atoms with Gasteiger partial charge in [-0.3, -0.25) is 4.79 Å². The number of carbonyl (C=O) groups is 2. The maximum Gasteiger partial charge on any atom is 0.150 e. The van der Waals surface area contributed by atoms with E-state index in [1.165, 1.54) is 51.4 Å². The fourth-order valence-electron chi connectivity index (χ4n) is 5.65. The smallest absolute Gasteiger partial charge is 0.150 e. The molecule has 1 saturated carbocycles. The first-order valence-corrected chi connectivity index (χ1v) is 14.3. The minimum atomic E-state index is 0.258. The summed E-state index contributed by atoms with van der Waals surface area (Å²) in [5.41, 5.74) is 7.01. The first kappa shape index (κ1) is 34.0. The molecule has 5 nitrogen and oxygen atoms in total. The zero-order valence-corrected chi connectivity index (χ0v) is 25.1. The number of nitrogens with one attached hydrogen (secondary N) is 1. The molecule has 6 heteroatoms. The van der Waals surface area contributed by atoms with Crippen molar-refractivity contribution in [3.63, 3.8) is 0 Å². The van der Waals surface area contributed by atoms with Crippen LogP contribution in [0.3, 0.4) is 0 Å². The third-order valence-electron chi connectivity index (χ3n) is 7.76. The Morgan fingerprint density at radius 3 is 2.13 bits per heavy atom. The second-order valence-electron chi connectivity index (χ2n) is 10.9. The molecule has 4 atom stereocenters. The number of halogens is 1. The third-order valence-corrected chi connectivity index (χ3v) is 8.01. The van der Waals surface area contributed by atoms with Gasteiger partial charge in [0.25, 0.3) is 0 Å². The number of hydrogen-bond donors (Lipinski definition) is 2. The van der Waals surface area contributed by atoms with Gasteiger partial charge in [0, 0.05) is 29.1 Å². The molecule has 0 bridgehead atoms. The molecule has 2 aliphatic rings.